The number of ether oxygens (including phenoxy) is 1. The van der Waals surface area contributed by atoms with Crippen LogP contribution in [0, 0.1) is 0 Å². The number of nitrogens with one attached hydrogen (secondary N) is 2. The van der Waals surface area contributed by atoms with Gasteiger partial charge in [-0.2, -0.15) is 0 Å². The SMILES string of the molecule is CCCCCCCCCCCCCC(=O)NC(Nc1ccc(OC)cc1)C(Cl)(Cl)Cl. The molecule has 0 saturated carbocycles. The van der Waals surface area contributed by atoms with Gasteiger partial charge in [0.25, 0.3) is 0 Å². The molecule has 0 saturated heterocycles. The van der Waals surface area contributed by atoms with Crippen LogP contribution >= 0.6 is 34.8 Å². The molecular weight excluding hydrogens is 443 g/mol. The summed E-state index contributed by atoms with van der Waals surface area (Å²) in [6, 6.07) is 7.20. The summed E-state index contributed by atoms with van der Waals surface area (Å²) < 4.78 is 3.46. The van der Waals surface area contributed by atoms with E-state index in [9.17, 15) is 4.79 Å². The summed E-state index contributed by atoms with van der Waals surface area (Å²) in [5.74, 6) is 0.606. The molecule has 30 heavy (non-hydrogen) atoms. The van der Waals surface area contributed by atoms with Crippen molar-refractivity contribution in [1.29, 1.82) is 0 Å². The minimum absolute atomic E-state index is 0.122. The molecule has 0 fully saturated rings. The van der Waals surface area contributed by atoms with Gasteiger partial charge in [-0.15, -0.1) is 0 Å². The summed E-state index contributed by atoms with van der Waals surface area (Å²) in [4.78, 5) is 12.3. The Morgan fingerprint density at radius 2 is 1.40 bits per heavy atom. The minimum Gasteiger partial charge on any atom is -0.497 e. The third kappa shape index (κ3) is 12.8. The second-order valence-corrected chi connectivity index (χ2v) is 10.1. The van der Waals surface area contributed by atoms with Gasteiger partial charge in [-0.05, 0) is 30.7 Å². The summed E-state index contributed by atoms with van der Waals surface area (Å²) in [5, 5.41) is 5.85. The number of hydrogen-bond acceptors (Lipinski definition) is 3. The summed E-state index contributed by atoms with van der Waals surface area (Å²) in [7, 11) is 1.60. The second kappa shape index (κ2) is 15.9. The lowest BCUT2D eigenvalue weighted by atomic mass is 10.1. The van der Waals surface area contributed by atoms with E-state index in [2.05, 4.69) is 17.6 Å². The standard InChI is InChI=1S/C23H37Cl3N2O2/c1-3-4-5-6-7-8-9-10-11-12-13-14-21(29)28-22(23(24,25)26)27-19-15-17-20(30-2)18-16-19/h15-18,22,27H,3-14H2,1-2H3,(H,28,29). The van der Waals surface area contributed by atoms with Crippen molar-refractivity contribution in [3.8, 4) is 5.75 Å². The van der Waals surface area contributed by atoms with Gasteiger partial charge in [-0.25, -0.2) is 0 Å². The summed E-state index contributed by atoms with van der Waals surface area (Å²) in [6.07, 6.45) is 13.3. The van der Waals surface area contributed by atoms with Crippen LogP contribution in [0.1, 0.15) is 84.0 Å². The Bertz CT molecular complexity index is 577. The van der Waals surface area contributed by atoms with Crippen molar-refractivity contribution in [2.45, 2.75) is 93.9 Å². The van der Waals surface area contributed by atoms with Crippen molar-refractivity contribution in [3.63, 3.8) is 0 Å². The van der Waals surface area contributed by atoms with Crippen LogP contribution in [-0.2, 0) is 4.79 Å². The van der Waals surface area contributed by atoms with E-state index in [1.165, 1.54) is 57.8 Å². The number of alkyl halides is 3. The molecule has 0 aromatic heterocycles. The fraction of sp³-hybridized carbons (Fsp3) is 0.696. The number of unbranched alkanes of at least 4 members (excludes halogenated alkanes) is 10. The van der Waals surface area contributed by atoms with Crippen molar-refractivity contribution >= 4 is 46.4 Å². The second-order valence-electron chi connectivity index (χ2n) is 7.70. The average Bonchev–Trinajstić information content (AvgIpc) is 2.71. The van der Waals surface area contributed by atoms with Gasteiger partial charge in [0.05, 0.1) is 7.11 Å². The molecule has 0 aliphatic carbocycles. The van der Waals surface area contributed by atoms with Gasteiger partial charge in [0.15, 0.2) is 0 Å². The number of methoxy groups -OCH3 is 1. The van der Waals surface area contributed by atoms with E-state index < -0.39 is 9.96 Å². The van der Waals surface area contributed by atoms with E-state index >= 15 is 0 Å². The highest BCUT2D eigenvalue weighted by atomic mass is 35.6. The van der Waals surface area contributed by atoms with E-state index in [4.69, 9.17) is 39.5 Å². The fourth-order valence-electron chi connectivity index (χ4n) is 3.24. The van der Waals surface area contributed by atoms with Crippen LogP contribution in [0.3, 0.4) is 0 Å². The lowest BCUT2D eigenvalue weighted by Crippen LogP contribution is -2.49. The highest BCUT2D eigenvalue weighted by Crippen LogP contribution is 2.31. The zero-order chi connectivity index (χ0) is 22.2. The van der Waals surface area contributed by atoms with Crippen molar-refractivity contribution in [1.82, 2.24) is 5.32 Å². The Kier molecular flexibility index (Phi) is 14.4. The predicted octanol–water partition coefficient (Wildman–Crippen LogP) is 7.62. The van der Waals surface area contributed by atoms with Crippen molar-refractivity contribution in [2.24, 2.45) is 0 Å². The minimum atomic E-state index is -1.67. The molecule has 1 aromatic carbocycles. The Morgan fingerprint density at radius 1 is 0.900 bits per heavy atom. The molecule has 1 aromatic rings. The van der Waals surface area contributed by atoms with Gasteiger partial charge in [-0.3, -0.25) is 4.79 Å². The van der Waals surface area contributed by atoms with Crippen molar-refractivity contribution < 1.29 is 9.53 Å². The number of rotatable bonds is 16. The molecule has 1 rings (SSSR count). The first kappa shape index (κ1) is 27.2. The third-order valence-corrected chi connectivity index (χ3v) is 5.70. The molecule has 1 amide bonds. The molecule has 0 aliphatic rings. The molecule has 1 unspecified atom stereocenters. The molecule has 0 aliphatic heterocycles. The van der Waals surface area contributed by atoms with Gasteiger partial charge in [-0.1, -0.05) is 106 Å². The maximum atomic E-state index is 12.3. The number of anilines is 1. The van der Waals surface area contributed by atoms with Gasteiger partial charge in [0.2, 0.25) is 9.70 Å². The topological polar surface area (TPSA) is 50.4 Å². The van der Waals surface area contributed by atoms with Crippen molar-refractivity contribution in [2.75, 3.05) is 12.4 Å². The largest absolute Gasteiger partial charge is 0.497 e. The van der Waals surface area contributed by atoms with E-state index in [-0.39, 0.29) is 5.91 Å². The molecule has 7 heteroatoms. The molecule has 0 radical (unpaired) electrons. The number of benzene rings is 1. The number of halogens is 3. The van der Waals surface area contributed by atoms with E-state index in [0.717, 1.165) is 24.3 Å². The number of carbonyl (C=O) groups excluding carboxylic acids is 1. The highest BCUT2D eigenvalue weighted by molar-refractivity contribution is 6.68. The maximum absolute atomic E-state index is 12.3. The first-order valence-electron chi connectivity index (χ1n) is 11.1. The van der Waals surface area contributed by atoms with Gasteiger partial charge >= 0.3 is 0 Å². The van der Waals surface area contributed by atoms with Gasteiger partial charge < -0.3 is 15.4 Å². The predicted molar refractivity (Wildman–Crippen MR) is 130 cm³/mol. The normalized spacial score (nSPS) is 12.4. The summed E-state index contributed by atoms with van der Waals surface area (Å²) in [5.41, 5.74) is 0.724. The van der Waals surface area contributed by atoms with Gasteiger partial charge in [0.1, 0.15) is 11.9 Å². The Balaban J connectivity index is 2.23. The average molecular weight is 480 g/mol. The first-order valence-corrected chi connectivity index (χ1v) is 12.3. The van der Waals surface area contributed by atoms with E-state index in [1.54, 1.807) is 31.4 Å². The van der Waals surface area contributed by atoms with Crippen LogP contribution in [0.5, 0.6) is 5.75 Å². The van der Waals surface area contributed by atoms with Gasteiger partial charge in [0, 0.05) is 12.1 Å². The van der Waals surface area contributed by atoms with Crippen molar-refractivity contribution in [3.05, 3.63) is 24.3 Å². The highest BCUT2D eigenvalue weighted by Gasteiger charge is 2.33. The fourth-order valence-corrected chi connectivity index (χ4v) is 3.56. The monoisotopic (exact) mass is 478 g/mol. The van der Waals surface area contributed by atoms with E-state index in [0.29, 0.717) is 6.42 Å². The molecule has 0 heterocycles. The number of amides is 1. The van der Waals surface area contributed by atoms with Crippen LogP contribution in [0.25, 0.3) is 0 Å². The first-order chi connectivity index (χ1) is 14.4. The molecule has 2 N–H and O–H groups in total. The smallest absolute Gasteiger partial charge is 0.228 e. The van der Waals surface area contributed by atoms with E-state index in [1.807, 2.05) is 0 Å². The molecule has 1 atom stereocenters. The third-order valence-electron chi connectivity index (χ3n) is 5.04. The number of carbonyl (C=O) groups is 1. The molecule has 0 bridgehead atoms. The molecular formula is C23H37Cl3N2O2. The Hall–Kier alpha value is -0.840. The molecule has 4 nitrogen and oxygen atoms in total. The molecule has 0 spiro atoms. The van der Waals surface area contributed by atoms with Crippen LogP contribution in [0.2, 0.25) is 0 Å². The van der Waals surface area contributed by atoms with Crippen LogP contribution in [0.4, 0.5) is 5.69 Å². The summed E-state index contributed by atoms with van der Waals surface area (Å²) in [6.45, 7) is 2.25. The quantitative estimate of drug-likeness (QED) is 0.146. The zero-order valence-corrected chi connectivity index (χ0v) is 20.6. The Labute approximate surface area is 197 Å². The summed E-state index contributed by atoms with van der Waals surface area (Å²) >= 11 is 18.2. The zero-order valence-electron chi connectivity index (χ0n) is 18.3. The van der Waals surface area contributed by atoms with Crippen LogP contribution in [0.15, 0.2) is 24.3 Å². The molecule has 172 valence electrons. The van der Waals surface area contributed by atoms with Crippen LogP contribution in [-0.4, -0.2) is 23.0 Å². The lowest BCUT2D eigenvalue weighted by molar-refractivity contribution is -0.121. The lowest BCUT2D eigenvalue weighted by Gasteiger charge is -2.27. The Morgan fingerprint density at radius 3 is 1.87 bits per heavy atom. The maximum Gasteiger partial charge on any atom is 0.228 e. The number of hydrogen-bond donors (Lipinski definition) is 2. The van der Waals surface area contributed by atoms with Crippen LogP contribution < -0.4 is 15.4 Å².